The van der Waals surface area contributed by atoms with Crippen LogP contribution < -0.4 is 5.32 Å². The molecule has 0 bridgehead atoms. The molecule has 1 aromatic carbocycles. The lowest BCUT2D eigenvalue weighted by atomic mass is 10.0. The van der Waals surface area contributed by atoms with E-state index in [4.69, 9.17) is 0 Å². The molecule has 3 atom stereocenters. The number of aliphatic carboxylic acids is 1. The highest BCUT2D eigenvalue weighted by Gasteiger charge is 2.51. The minimum Gasteiger partial charge on any atom is -0.480 e. The van der Waals surface area contributed by atoms with Gasteiger partial charge < -0.3 is 15.4 Å². The summed E-state index contributed by atoms with van der Waals surface area (Å²) in [5, 5.41) is 12.9. The van der Waals surface area contributed by atoms with Gasteiger partial charge in [-0.25, -0.2) is 9.18 Å². The SMILES string of the molecule is O=C(O)C(Cc1c[nH]c2cc(F)ccc12)NC(=O)C1CC1C1CC1. The van der Waals surface area contributed by atoms with Crippen LogP contribution in [0.3, 0.4) is 0 Å². The van der Waals surface area contributed by atoms with Crippen LogP contribution in [-0.4, -0.2) is 28.0 Å². The third kappa shape index (κ3) is 2.88. The van der Waals surface area contributed by atoms with Crippen LogP contribution in [0.5, 0.6) is 0 Å². The van der Waals surface area contributed by atoms with Gasteiger partial charge in [0.1, 0.15) is 11.9 Å². The first-order chi connectivity index (χ1) is 11.5. The number of hydrogen-bond acceptors (Lipinski definition) is 2. The van der Waals surface area contributed by atoms with Crippen molar-refractivity contribution in [2.45, 2.75) is 31.7 Å². The van der Waals surface area contributed by atoms with Crippen LogP contribution in [0.15, 0.2) is 24.4 Å². The molecule has 2 fully saturated rings. The summed E-state index contributed by atoms with van der Waals surface area (Å²) in [6.07, 6.45) is 5.13. The Morgan fingerprint density at radius 1 is 1.38 bits per heavy atom. The van der Waals surface area contributed by atoms with Gasteiger partial charge in [-0.05, 0) is 54.9 Å². The Hall–Kier alpha value is -2.37. The standard InChI is InChI=1S/C18H19FN2O3/c19-11-3-4-12-10(8-20-15(12)6-11)5-16(18(23)24)21-17(22)14-7-13(14)9-1-2-9/h3-4,6,8-9,13-14,16,20H,1-2,5,7H2,(H,21,22)(H,23,24). The average Bonchev–Trinajstić information content (AvgIpc) is 3.42. The Morgan fingerprint density at radius 2 is 2.17 bits per heavy atom. The molecule has 2 aliphatic carbocycles. The van der Waals surface area contributed by atoms with Gasteiger partial charge in [-0.1, -0.05) is 0 Å². The fourth-order valence-electron chi connectivity index (χ4n) is 3.59. The van der Waals surface area contributed by atoms with Crippen molar-refractivity contribution in [2.75, 3.05) is 0 Å². The number of aromatic nitrogens is 1. The Kier molecular flexibility index (Phi) is 3.55. The quantitative estimate of drug-likeness (QED) is 0.761. The van der Waals surface area contributed by atoms with Gasteiger partial charge in [-0.15, -0.1) is 0 Å². The Labute approximate surface area is 138 Å². The predicted octanol–water partition coefficient (Wildman–Crippen LogP) is 2.47. The highest BCUT2D eigenvalue weighted by atomic mass is 19.1. The fraction of sp³-hybridized carbons (Fsp3) is 0.444. The van der Waals surface area contributed by atoms with E-state index < -0.39 is 12.0 Å². The Morgan fingerprint density at radius 3 is 2.88 bits per heavy atom. The van der Waals surface area contributed by atoms with Gasteiger partial charge in [0, 0.05) is 29.4 Å². The summed E-state index contributed by atoms with van der Waals surface area (Å²) in [7, 11) is 0. The number of carboxylic acid groups (broad SMARTS) is 1. The number of benzene rings is 1. The first-order valence-corrected chi connectivity index (χ1v) is 8.31. The minimum absolute atomic E-state index is 0.0172. The molecule has 4 rings (SSSR count). The van der Waals surface area contributed by atoms with Crippen LogP contribution in [-0.2, 0) is 16.0 Å². The molecule has 2 aliphatic rings. The number of halogens is 1. The molecule has 0 saturated heterocycles. The lowest BCUT2D eigenvalue weighted by molar-refractivity contribution is -0.142. The molecule has 126 valence electrons. The molecule has 0 aliphatic heterocycles. The van der Waals surface area contributed by atoms with Gasteiger partial charge in [0.2, 0.25) is 5.91 Å². The van der Waals surface area contributed by atoms with Crippen LogP contribution in [0.1, 0.15) is 24.8 Å². The average molecular weight is 330 g/mol. The van der Waals surface area contributed by atoms with Crippen molar-refractivity contribution < 1.29 is 19.1 Å². The van der Waals surface area contributed by atoms with Crippen LogP contribution >= 0.6 is 0 Å². The zero-order valence-corrected chi connectivity index (χ0v) is 13.1. The monoisotopic (exact) mass is 330 g/mol. The number of hydrogen-bond donors (Lipinski definition) is 3. The van der Waals surface area contributed by atoms with Crippen molar-refractivity contribution in [1.82, 2.24) is 10.3 Å². The maximum absolute atomic E-state index is 13.2. The summed E-state index contributed by atoms with van der Waals surface area (Å²) in [4.78, 5) is 26.8. The van der Waals surface area contributed by atoms with Gasteiger partial charge in [-0.2, -0.15) is 0 Å². The first kappa shape index (κ1) is 15.2. The number of carbonyl (C=O) groups is 2. The van der Waals surface area contributed by atoms with E-state index in [1.807, 2.05) is 0 Å². The molecular weight excluding hydrogens is 311 g/mol. The van der Waals surface area contributed by atoms with E-state index >= 15 is 0 Å². The van der Waals surface area contributed by atoms with E-state index in [2.05, 4.69) is 10.3 Å². The molecule has 1 amide bonds. The second-order valence-electron chi connectivity index (χ2n) is 6.95. The van der Waals surface area contributed by atoms with Gasteiger partial charge in [0.05, 0.1) is 0 Å². The molecule has 1 heterocycles. The Balaban J connectivity index is 1.46. The fourth-order valence-corrected chi connectivity index (χ4v) is 3.59. The van der Waals surface area contributed by atoms with Crippen molar-refractivity contribution in [3.63, 3.8) is 0 Å². The van der Waals surface area contributed by atoms with E-state index in [0.717, 1.165) is 17.4 Å². The molecular formula is C18H19FN2O3. The lowest BCUT2D eigenvalue weighted by Crippen LogP contribution is -2.43. The molecule has 3 N–H and O–H groups in total. The summed E-state index contributed by atoms with van der Waals surface area (Å²) < 4.78 is 13.2. The molecule has 1 aromatic heterocycles. The third-order valence-electron chi connectivity index (χ3n) is 5.17. The minimum atomic E-state index is -1.05. The molecule has 5 nitrogen and oxygen atoms in total. The number of rotatable bonds is 6. The zero-order valence-electron chi connectivity index (χ0n) is 13.1. The highest BCUT2D eigenvalue weighted by Crippen LogP contribution is 2.54. The van der Waals surface area contributed by atoms with Crippen molar-refractivity contribution in [3.8, 4) is 0 Å². The number of aromatic amines is 1. The Bertz CT molecular complexity index is 812. The molecule has 6 heteroatoms. The van der Waals surface area contributed by atoms with E-state index in [1.54, 1.807) is 12.3 Å². The predicted molar refractivity (Wildman–Crippen MR) is 85.8 cm³/mol. The highest BCUT2D eigenvalue weighted by molar-refractivity contribution is 5.88. The summed E-state index contributed by atoms with van der Waals surface area (Å²) in [6.45, 7) is 0. The lowest BCUT2D eigenvalue weighted by Gasteiger charge is -2.14. The normalized spacial score (nSPS) is 23.9. The van der Waals surface area contributed by atoms with Crippen LogP contribution in [0, 0.1) is 23.6 Å². The maximum atomic E-state index is 13.2. The number of fused-ring (bicyclic) bond motifs is 1. The van der Waals surface area contributed by atoms with Crippen LogP contribution in [0.25, 0.3) is 10.9 Å². The van der Waals surface area contributed by atoms with E-state index in [0.29, 0.717) is 17.4 Å². The molecule has 3 unspecified atom stereocenters. The number of H-pyrrole nitrogens is 1. The van der Waals surface area contributed by atoms with Crippen LogP contribution in [0.4, 0.5) is 4.39 Å². The molecule has 2 aromatic rings. The largest absolute Gasteiger partial charge is 0.480 e. The number of carbonyl (C=O) groups excluding carboxylic acids is 1. The van der Waals surface area contributed by atoms with E-state index in [9.17, 15) is 19.1 Å². The summed E-state index contributed by atoms with van der Waals surface area (Å²) in [5.41, 5.74) is 1.38. The second-order valence-corrected chi connectivity index (χ2v) is 6.95. The third-order valence-corrected chi connectivity index (χ3v) is 5.17. The second kappa shape index (κ2) is 5.61. The van der Waals surface area contributed by atoms with Gasteiger partial charge >= 0.3 is 5.97 Å². The molecule has 0 radical (unpaired) electrons. The number of carboxylic acids is 1. The molecule has 24 heavy (non-hydrogen) atoms. The van der Waals surface area contributed by atoms with Crippen molar-refractivity contribution in [3.05, 3.63) is 35.8 Å². The maximum Gasteiger partial charge on any atom is 0.326 e. The van der Waals surface area contributed by atoms with E-state index in [1.165, 1.54) is 25.0 Å². The smallest absolute Gasteiger partial charge is 0.326 e. The topological polar surface area (TPSA) is 82.2 Å². The zero-order chi connectivity index (χ0) is 16.8. The van der Waals surface area contributed by atoms with Gasteiger partial charge in [0.15, 0.2) is 0 Å². The summed E-state index contributed by atoms with van der Waals surface area (Å²) in [5.74, 6) is -0.438. The van der Waals surface area contributed by atoms with Crippen molar-refractivity contribution in [2.24, 2.45) is 17.8 Å². The van der Waals surface area contributed by atoms with Crippen molar-refractivity contribution in [1.29, 1.82) is 0 Å². The number of amides is 1. The van der Waals surface area contributed by atoms with E-state index in [-0.39, 0.29) is 24.1 Å². The van der Waals surface area contributed by atoms with Gasteiger partial charge in [-0.3, -0.25) is 4.79 Å². The number of nitrogens with one attached hydrogen (secondary N) is 2. The molecule has 2 saturated carbocycles. The molecule has 0 spiro atoms. The summed E-state index contributed by atoms with van der Waals surface area (Å²) in [6, 6.07) is 3.37. The van der Waals surface area contributed by atoms with Crippen molar-refractivity contribution >= 4 is 22.8 Å². The van der Waals surface area contributed by atoms with Gasteiger partial charge in [0.25, 0.3) is 0 Å². The van der Waals surface area contributed by atoms with Crippen LogP contribution in [0.2, 0.25) is 0 Å². The first-order valence-electron chi connectivity index (χ1n) is 8.31. The summed E-state index contributed by atoms with van der Waals surface area (Å²) >= 11 is 0.